The van der Waals surface area contributed by atoms with Gasteiger partial charge in [0.15, 0.2) is 0 Å². The second-order valence-corrected chi connectivity index (χ2v) is 2.58. The maximum Gasteiger partial charge on any atom is 0.223 e. The Kier molecular flexibility index (Phi) is 2.09. The lowest BCUT2D eigenvalue weighted by Gasteiger charge is -2.24. The summed E-state index contributed by atoms with van der Waals surface area (Å²) >= 11 is 0. The average Bonchev–Trinajstić information content (AvgIpc) is 1.94. The van der Waals surface area contributed by atoms with Crippen molar-refractivity contribution in [1.29, 1.82) is 0 Å². The van der Waals surface area contributed by atoms with Crippen molar-refractivity contribution in [2.24, 2.45) is 11.7 Å². The van der Waals surface area contributed by atoms with Crippen LogP contribution in [0.15, 0.2) is 0 Å². The maximum atomic E-state index is 10.7. The first-order chi connectivity index (χ1) is 5.11. The van der Waals surface area contributed by atoms with E-state index in [1.807, 2.05) is 0 Å². The molecule has 11 heavy (non-hydrogen) atoms. The molecular weight excluding hydrogens is 148 g/mol. The molecular formula is C6H10N2O3. The SMILES string of the molecule is NC(=O)C1CC(=O)NCC1O. The number of hydrogen-bond acceptors (Lipinski definition) is 3. The molecule has 5 nitrogen and oxygen atoms in total. The third-order valence-corrected chi connectivity index (χ3v) is 1.74. The van der Waals surface area contributed by atoms with Gasteiger partial charge in [-0.15, -0.1) is 0 Å². The van der Waals surface area contributed by atoms with Crippen LogP contribution in [0.25, 0.3) is 0 Å². The first-order valence-electron chi connectivity index (χ1n) is 3.35. The van der Waals surface area contributed by atoms with Gasteiger partial charge < -0.3 is 16.2 Å². The van der Waals surface area contributed by atoms with E-state index in [4.69, 9.17) is 10.8 Å². The number of aliphatic hydroxyl groups is 1. The first-order valence-corrected chi connectivity index (χ1v) is 3.35. The van der Waals surface area contributed by atoms with Gasteiger partial charge in [-0.2, -0.15) is 0 Å². The van der Waals surface area contributed by atoms with Gasteiger partial charge in [-0.1, -0.05) is 0 Å². The fourth-order valence-corrected chi connectivity index (χ4v) is 1.06. The fraction of sp³-hybridized carbons (Fsp3) is 0.667. The van der Waals surface area contributed by atoms with Crippen LogP contribution in [0.4, 0.5) is 0 Å². The Hall–Kier alpha value is -1.10. The lowest BCUT2D eigenvalue weighted by molar-refractivity contribution is -0.135. The van der Waals surface area contributed by atoms with E-state index >= 15 is 0 Å². The summed E-state index contributed by atoms with van der Waals surface area (Å²) in [5.41, 5.74) is 4.94. The van der Waals surface area contributed by atoms with Crippen molar-refractivity contribution in [3.63, 3.8) is 0 Å². The van der Waals surface area contributed by atoms with Gasteiger partial charge in [0.2, 0.25) is 11.8 Å². The second kappa shape index (κ2) is 2.87. The minimum Gasteiger partial charge on any atom is -0.390 e. The van der Waals surface area contributed by atoms with E-state index in [2.05, 4.69) is 5.32 Å². The van der Waals surface area contributed by atoms with Crippen molar-refractivity contribution in [2.45, 2.75) is 12.5 Å². The van der Waals surface area contributed by atoms with Crippen molar-refractivity contribution in [3.8, 4) is 0 Å². The molecule has 1 aliphatic rings. The first kappa shape index (κ1) is 8.00. The van der Waals surface area contributed by atoms with E-state index in [1.54, 1.807) is 0 Å². The van der Waals surface area contributed by atoms with Crippen LogP contribution < -0.4 is 11.1 Å². The number of β-amino-alcohol motifs (C(OH)–C–C–N with tert-alkyl or cyclic N) is 1. The van der Waals surface area contributed by atoms with Crippen LogP contribution in [0, 0.1) is 5.92 Å². The molecule has 1 heterocycles. The van der Waals surface area contributed by atoms with Crippen LogP contribution in [0.1, 0.15) is 6.42 Å². The minimum atomic E-state index is -0.829. The molecule has 4 N–H and O–H groups in total. The van der Waals surface area contributed by atoms with Gasteiger partial charge in [0, 0.05) is 13.0 Å². The zero-order chi connectivity index (χ0) is 8.43. The molecule has 62 valence electrons. The van der Waals surface area contributed by atoms with Gasteiger partial charge >= 0.3 is 0 Å². The highest BCUT2D eigenvalue weighted by Crippen LogP contribution is 2.11. The monoisotopic (exact) mass is 158 g/mol. The van der Waals surface area contributed by atoms with Gasteiger partial charge in [0.1, 0.15) is 0 Å². The van der Waals surface area contributed by atoms with Gasteiger partial charge in [-0.3, -0.25) is 9.59 Å². The second-order valence-electron chi connectivity index (χ2n) is 2.58. The number of primary amides is 1. The maximum absolute atomic E-state index is 10.7. The molecule has 0 aromatic carbocycles. The molecule has 2 amide bonds. The summed E-state index contributed by atoms with van der Waals surface area (Å²) in [7, 11) is 0. The molecule has 0 aliphatic carbocycles. The molecule has 2 unspecified atom stereocenters. The number of aliphatic hydroxyl groups excluding tert-OH is 1. The Morgan fingerprint density at radius 1 is 1.73 bits per heavy atom. The lowest BCUT2D eigenvalue weighted by atomic mass is 9.94. The summed E-state index contributed by atoms with van der Waals surface area (Å²) in [5.74, 6) is -1.57. The predicted octanol–water partition coefficient (Wildman–Crippen LogP) is -2.03. The van der Waals surface area contributed by atoms with E-state index in [0.29, 0.717) is 0 Å². The smallest absolute Gasteiger partial charge is 0.223 e. The fourth-order valence-electron chi connectivity index (χ4n) is 1.06. The lowest BCUT2D eigenvalue weighted by Crippen LogP contribution is -2.48. The van der Waals surface area contributed by atoms with Crippen molar-refractivity contribution < 1.29 is 14.7 Å². The predicted molar refractivity (Wildman–Crippen MR) is 36.3 cm³/mol. The van der Waals surface area contributed by atoms with Crippen molar-refractivity contribution in [3.05, 3.63) is 0 Å². The van der Waals surface area contributed by atoms with Crippen LogP contribution in [0.5, 0.6) is 0 Å². The zero-order valence-electron chi connectivity index (χ0n) is 5.91. The normalized spacial score (nSPS) is 31.2. The van der Waals surface area contributed by atoms with Crippen molar-refractivity contribution >= 4 is 11.8 Å². The topological polar surface area (TPSA) is 92.4 Å². The van der Waals surface area contributed by atoms with Crippen molar-refractivity contribution in [1.82, 2.24) is 5.32 Å². The van der Waals surface area contributed by atoms with Crippen LogP contribution >= 0.6 is 0 Å². The Labute approximate surface area is 63.6 Å². The van der Waals surface area contributed by atoms with Crippen LogP contribution in [0.2, 0.25) is 0 Å². The van der Waals surface area contributed by atoms with Gasteiger partial charge in [0.25, 0.3) is 0 Å². The summed E-state index contributed by atoms with van der Waals surface area (Å²) in [4.78, 5) is 21.3. The Balaban J connectivity index is 2.61. The Morgan fingerprint density at radius 2 is 2.36 bits per heavy atom. The van der Waals surface area contributed by atoms with Crippen molar-refractivity contribution in [2.75, 3.05) is 6.54 Å². The number of carbonyl (C=O) groups is 2. The molecule has 0 saturated carbocycles. The van der Waals surface area contributed by atoms with E-state index in [-0.39, 0.29) is 18.9 Å². The zero-order valence-corrected chi connectivity index (χ0v) is 5.91. The molecule has 1 rings (SSSR count). The largest absolute Gasteiger partial charge is 0.390 e. The number of rotatable bonds is 1. The summed E-state index contributed by atoms with van der Waals surface area (Å²) in [6.45, 7) is 0.117. The summed E-state index contributed by atoms with van der Waals surface area (Å²) in [6, 6.07) is 0. The third-order valence-electron chi connectivity index (χ3n) is 1.74. The molecule has 0 spiro atoms. The molecule has 1 aliphatic heterocycles. The summed E-state index contributed by atoms with van der Waals surface area (Å²) < 4.78 is 0. The highest BCUT2D eigenvalue weighted by atomic mass is 16.3. The number of hydrogen-bond donors (Lipinski definition) is 3. The molecule has 1 fully saturated rings. The standard InChI is InChI=1S/C6H10N2O3/c7-6(11)3-1-5(10)8-2-4(3)9/h3-4,9H,1-2H2,(H2,7,11)(H,8,10). The van der Waals surface area contributed by atoms with Gasteiger partial charge in [0.05, 0.1) is 12.0 Å². The summed E-state index contributed by atoms with van der Waals surface area (Å²) in [5, 5.41) is 11.6. The quantitative estimate of drug-likeness (QED) is 0.411. The van der Waals surface area contributed by atoms with Gasteiger partial charge in [-0.05, 0) is 0 Å². The molecule has 2 atom stereocenters. The number of nitrogens with one attached hydrogen (secondary N) is 1. The van der Waals surface area contributed by atoms with E-state index < -0.39 is 17.9 Å². The molecule has 0 bridgehead atoms. The molecule has 0 radical (unpaired) electrons. The van der Waals surface area contributed by atoms with E-state index in [1.165, 1.54) is 0 Å². The van der Waals surface area contributed by atoms with Crippen LogP contribution in [0.3, 0.4) is 0 Å². The third kappa shape index (κ3) is 1.68. The Bertz CT molecular complexity index is 192. The van der Waals surface area contributed by atoms with Crippen LogP contribution in [-0.2, 0) is 9.59 Å². The molecule has 0 aromatic heterocycles. The summed E-state index contributed by atoms with van der Waals surface area (Å²) in [6.07, 6.45) is -0.832. The number of nitrogens with two attached hydrogens (primary N) is 1. The van der Waals surface area contributed by atoms with E-state index in [0.717, 1.165) is 0 Å². The highest BCUT2D eigenvalue weighted by molar-refractivity contribution is 5.86. The highest BCUT2D eigenvalue weighted by Gasteiger charge is 2.31. The minimum absolute atomic E-state index is 0.00347. The molecule has 5 heteroatoms. The van der Waals surface area contributed by atoms with Gasteiger partial charge in [-0.25, -0.2) is 0 Å². The molecule has 1 saturated heterocycles. The number of amides is 2. The van der Waals surface area contributed by atoms with E-state index in [9.17, 15) is 9.59 Å². The number of carbonyl (C=O) groups excluding carboxylic acids is 2. The van der Waals surface area contributed by atoms with Crippen LogP contribution in [-0.4, -0.2) is 29.6 Å². The Morgan fingerprint density at radius 3 is 2.82 bits per heavy atom. The average molecular weight is 158 g/mol. The number of piperidine rings is 1. The molecule has 0 aromatic rings.